The predicted octanol–water partition coefficient (Wildman–Crippen LogP) is 1.66. The third-order valence-electron chi connectivity index (χ3n) is 3.72. The van der Waals surface area contributed by atoms with Gasteiger partial charge in [0.2, 0.25) is 5.91 Å². The Morgan fingerprint density at radius 3 is 2.50 bits per heavy atom. The molecule has 0 unspecified atom stereocenters. The van der Waals surface area contributed by atoms with Crippen molar-refractivity contribution in [1.29, 1.82) is 0 Å². The van der Waals surface area contributed by atoms with Gasteiger partial charge in [-0.1, -0.05) is 25.7 Å². The highest BCUT2D eigenvalue weighted by Crippen LogP contribution is 2.26. The Hall–Kier alpha value is -1.40. The molecule has 1 heterocycles. The first-order valence-corrected chi connectivity index (χ1v) is 7.77. The summed E-state index contributed by atoms with van der Waals surface area (Å²) < 4.78 is 0. The highest BCUT2D eigenvalue weighted by Gasteiger charge is 2.28. The monoisotopic (exact) mass is 296 g/mol. The lowest BCUT2D eigenvalue weighted by Crippen LogP contribution is -2.42. The summed E-state index contributed by atoms with van der Waals surface area (Å²) in [5.41, 5.74) is 4.70. The molecule has 0 atom stereocenters. The maximum atomic E-state index is 12.0. The number of nitrogens with one attached hydrogen (secondary N) is 1. The summed E-state index contributed by atoms with van der Waals surface area (Å²) in [5.74, 6) is -0.803. The molecule has 4 N–H and O–H groups in total. The van der Waals surface area contributed by atoms with E-state index in [9.17, 15) is 14.7 Å². The van der Waals surface area contributed by atoms with E-state index < -0.39 is 11.5 Å². The molecular formula is C14H20N2O3S. The molecule has 0 aromatic carbocycles. The summed E-state index contributed by atoms with van der Waals surface area (Å²) in [7, 11) is 0. The Morgan fingerprint density at radius 2 is 1.95 bits per heavy atom. The van der Waals surface area contributed by atoms with Crippen molar-refractivity contribution >= 4 is 23.2 Å². The molecule has 2 rings (SSSR count). The van der Waals surface area contributed by atoms with Crippen LogP contribution in [0.15, 0.2) is 11.4 Å². The molecule has 0 saturated heterocycles. The number of amides is 2. The topological polar surface area (TPSA) is 92.4 Å². The molecule has 0 aliphatic heterocycles. The molecule has 0 spiro atoms. The summed E-state index contributed by atoms with van der Waals surface area (Å²) in [4.78, 5) is 23.4. The molecule has 1 aromatic heterocycles. The minimum absolute atomic E-state index is 0.260. The van der Waals surface area contributed by atoms with Gasteiger partial charge < -0.3 is 16.2 Å². The summed E-state index contributed by atoms with van der Waals surface area (Å²) in [6.07, 6.45) is 5.73. The molecule has 1 fully saturated rings. The fourth-order valence-electron chi connectivity index (χ4n) is 2.48. The summed E-state index contributed by atoms with van der Waals surface area (Å²) in [6, 6.07) is 1.49. The molecule has 5 nitrogen and oxygen atoms in total. The van der Waals surface area contributed by atoms with Crippen molar-refractivity contribution in [2.24, 2.45) is 5.73 Å². The fraction of sp³-hybridized carbons (Fsp3) is 0.571. The van der Waals surface area contributed by atoms with Gasteiger partial charge >= 0.3 is 0 Å². The standard InChI is InChI=1S/C14H20N2O3S/c15-12(17)10-7-11(20-8-10)13(18)16-9-14(19)5-3-1-2-4-6-14/h7-8,19H,1-6,9H2,(H2,15,17)(H,16,18). The molecule has 20 heavy (non-hydrogen) atoms. The summed E-state index contributed by atoms with van der Waals surface area (Å²) >= 11 is 1.18. The predicted molar refractivity (Wildman–Crippen MR) is 77.8 cm³/mol. The Kier molecular flexibility index (Phi) is 4.77. The van der Waals surface area contributed by atoms with E-state index in [-0.39, 0.29) is 12.5 Å². The van der Waals surface area contributed by atoms with E-state index in [1.165, 1.54) is 17.4 Å². The number of aliphatic hydroxyl groups is 1. The van der Waals surface area contributed by atoms with Crippen LogP contribution >= 0.6 is 11.3 Å². The van der Waals surface area contributed by atoms with Gasteiger partial charge in [-0.25, -0.2) is 0 Å². The highest BCUT2D eigenvalue weighted by atomic mass is 32.1. The molecule has 0 radical (unpaired) electrons. The Balaban J connectivity index is 1.92. The van der Waals surface area contributed by atoms with Gasteiger partial charge in [0.15, 0.2) is 0 Å². The minimum atomic E-state index is -0.796. The van der Waals surface area contributed by atoms with E-state index in [1.807, 2.05) is 0 Å². The number of carbonyl (C=O) groups is 2. The van der Waals surface area contributed by atoms with Crippen LogP contribution in [0.25, 0.3) is 0 Å². The van der Waals surface area contributed by atoms with Crippen molar-refractivity contribution < 1.29 is 14.7 Å². The largest absolute Gasteiger partial charge is 0.388 e. The summed E-state index contributed by atoms with van der Waals surface area (Å²) in [6.45, 7) is 0.260. The first kappa shape index (κ1) is 15.0. The van der Waals surface area contributed by atoms with Crippen molar-refractivity contribution in [3.63, 3.8) is 0 Å². The van der Waals surface area contributed by atoms with Crippen LogP contribution in [-0.2, 0) is 0 Å². The number of hydrogen-bond donors (Lipinski definition) is 3. The average Bonchev–Trinajstić information content (AvgIpc) is 2.81. The second-order valence-electron chi connectivity index (χ2n) is 5.39. The van der Waals surface area contributed by atoms with Gasteiger partial charge in [0.05, 0.1) is 16.0 Å². The Morgan fingerprint density at radius 1 is 1.30 bits per heavy atom. The maximum Gasteiger partial charge on any atom is 0.261 e. The van der Waals surface area contributed by atoms with Crippen LogP contribution < -0.4 is 11.1 Å². The molecule has 1 aliphatic carbocycles. The van der Waals surface area contributed by atoms with Gasteiger partial charge in [0.25, 0.3) is 5.91 Å². The number of primary amides is 1. The van der Waals surface area contributed by atoms with Gasteiger partial charge in [-0.15, -0.1) is 11.3 Å². The molecule has 0 bridgehead atoms. The highest BCUT2D eigenvalue weighted by molar-refractivity contribution is 7.12. The third-order valence-corrected chi connectivity index (χ3v) is 4.65. The lowest BCUT2D eigenvalue weighted by Gasteiger charge is -2.26. The van der Waals surface area contributed by atoms with Crippen molar-refractivity contribution in [3.8, 4) is 0 Å². The van der Waals surface area contributed by atoms with Crippen LogP contribution in [0, 0.1) is 0 Å². The molecule has 1 saturated carbocycles. The van der Waals surface area contributed by atoms with Gasteiger partial charge in [-0.3, -0.25) is 9.59 Å². The van der Waals surface area contributed by atoms with E-state index in [4.69, 9.17) is 5.73 Å². The first-order valence-electron chi connectivity index (χ1n) is 6.89. The van der Waals surface area contributed by atoms with Crippen molar-refractivity contribution in [2.45, 2.75) is 44.1 Å². The number of rotatable bonds is 4. The first-order chi connectivity index (χ1) is 9.50. The van der Waals surface area contributed by atoms with Crippen LogP contribution in [0.2, 0.25) is 0 Å². The zero-order chi connectivity index (χ0) is 14.6. The van der Waals surface area contributed by atoms with E-state index >= 15 is 0 Å². The fourth-order valence-corrected chi connectivity index (χ4v) is 3.29. The summed E-state index contributed by atoms with van der Waals surface area (Å²) in [5, 5.41) is 14.8. The SMILES string of the molecule is NC(=O)c1csc(C(=O)NCC2(O)CCCCCC2)c1. The van der Waals surface area contributed by atoms with E-state index in [0.717, 1.165) is 38.5 Å². The molecule has 6 heteroatoms. The molecule has 110 valence electrons. The van der Waals surface area contributed by atoms with Crippen molar-refractivity contribution in [1.82, 2.24) is 5.32 Å². The van der Waals surface area contributed by atoms with Crippen molar-refractivity contribution in [2.75, 3.05) is 6.54 Å². The third kappa shape index (κ3) is 3.80. The van der Waals surface area contributed by atoms with Crippen LogP contribution in [0.4, 0.5) is 0 Å². The minimum Gasteiger partial charge on any atom is -0.388 e. The number of hydrogen-bond acceptors (Lipinski definition) is 4. The average molecular weight is 296 g/mol. The van der Waals surface area contributed by atoms with E-state index in [0.29, 0.717) is 10.4 Å². The number of thiophene rings is 1. The normalized spacial score (nSPS) is 18.2. The second-order valence-corrected chi connectivity index (χ2v) is 6.30. The number of carbonyl (C=O) groups excluding carboxylic acids is 2. The lowest BCUT2D eigenvalue weighted by atomic mass is 9.94. The Bertz CT molecular complexity index is 490. The molecular weight excluding hydrogens is 276 g/mol. The van der Waals surface area contributed by atoms with E-state index in [2.05, 4.69) is 5.32 Å². The van der Waals surface area contributed by atoms with Crippen LogP contribution in [0.5, 0.6) is 0 Å². The van der Waals surface area contributed by atoms with Gasteiger partial charge in [0.1, 0.15) is 0 Å². The Labute approximate surface area is 122 Å². The molecule has 1 aliphatic rings. The van der Waals surface area contributed by atoms with Gasteiger partial charge in [-0.2, -0.15) is 0 Å². The zero-order valence-corrected chi connectivity index (χ0v) is 12.2. The van der Waals surface area contributed by atoms with Crippen LogP contribution in [0.3, 0.4) is 0 Å². The quantitative estimate of drug-likeness (QED) is 0.738. The van der Waals surface area contributed by atoms with Crippen LogP contribution in [0.1, 0.15) is 58.6 Å². The zero-order valence-electron chi connectivity index (χ0n) is 11.4. The number of nitrogens with two attached hydrogens (primary N) is 1. The molecule has 2 amide bonds. The maximum absolute atomic E-state index is 12.0. The smallest absolute Gasteiger partial charge is 0.261 e. The van der Waals surface area contributed by atoms with Crippen LogP contribution in [-0.4, -0.2) is 29.1 Å². The molecule has 1 aromatic rings. The second kappa shape index (κ2) is 6.37. The van der Waals surface area contributed by atoms with E-state index in [1.54, 1.807) is 5.38 Å². The lowest BCUT2D eigenvalue weighted by molar-refractivity contribution is 0.0247. The van der Waals surface area contributed by atoms with Crippen molar-refractivity contribution in [3.05, 3.63) is 21.9 Å². The van der Waals surface area contributed by atoms with Gasteiger partial charge in [0, 0.05) is 11.9 Å². The van der Waals surface area contributed by atoms with Gasteiger partial charge in [-0.05, 0) is 18.9 Å².